The van der Waals surface area contributed by atoms with Crippen LogP contribution in [0.2, 0.25) is 0 Å². The standard InChI is InChI=1S/C12H22N2O2/c15-8-9-3-1-2-4-11(9)14-12(16)7-13-10-5-6-10/h9-11,13,15H,1-8H2,(H,14,16). The summed E-state index contributed by atoms with van der Waals surface area (Å²) in [5.41, 5.74) is 0. The Hall–Kier alpha value is -0.610. The number of hydrogen-bond donors (Lipinski definition) is 3. The molecule has 4 nitrogen and oxygen atoms in total. The zero-order valence-corrected chi connectivity index (χ0v) is 9.74. The molecule has 4 heteroatoms. The first-order valence-corrected chi connectivity index (χ1v) is 6.43. The quantitative estimate of drug-likeness (QED) is 0.636. The third kappa shape index (κ3) is 3.46. The van der Waals surface area contributed by atoms with Crippen LogP contribution in [0.15, 0.2) is 0 Å². The van der Waals surface area contributed by atoms with Crippen molar-refractivity contribution >= 4 is 5.91 Å². The molecule has 2 unspecified atom stereocenters. The van der Waals surface area contributed by atoms with Crippen molar-refractivity contribution in [2.24, 2.45) is 5.92 Å². The van der Waals surface area contributed by atoms with Gasteiger partial charge in [0.15, 0.2) is 0 Å². The fourth-order valence-electron chi connectivity index (χ4n) is 2.40. The number of rotatable bonds is 5. The molecule has 3 N–H and O–H groups in total. The van der Waals surface area contributed by atoms with Crippen LogP contribution in [-0.4, -0.2) is 36.2 Å². The maximum absolute atomic E-state index is 11.6. The molecule has 0 aliphatic heterocycles. The topological polar surface area (TPSA) is 61.4 Å². The van der Waals surface area contributed by atoms with E-state index in [1.54, 1.807) is 0 Å². The summed E-state index contributed by atoms with van der Waals surface area (Å²) in [4.78, 5) is 11.6. The fourth-order valence-corrected chi connectivity index (χ4v) is 2.40. The number of hydrogen-bond acceptors (Lipinski definition) is 3. The van der Waals surface area contributed by atoms with Gasteiger partial charge in [0.2, 0.25) is 5.91 Å². The normalized spacial score (nSPS) is 30.1. The number of aliphatic hydroxyl groups excluding tert-OH is 1. The second-order valence-electron chi connectivity index (χ2n) is 5.06. The Morgan fingerprint density at radius 2 is 1.94 bits per heavy atom. The van der Waals surface area contributed by atoms with Gasteiger partial charge in [-0.1, -0.05) is 12.8 Å². The van der Waals surface area contributed by atoms with E-state index in [9.17, 15) is 9.90 Å². The van der Waals surface area contributed by atoms with E-state index in [1.807, 2.05) is 0 Å². The average Bonchev–Trinajstić information content (AvgIpc) is 3.11. The monoisotopic (exact) mass is 226 g/mol. The molecule has 1 amide bonds. The van der Waals surface area contributed by atoms with Crippen LogP contribution in [0, 0.1) is 5.92 Å². The second kappa shape index (κ2) is 5.64. The summed E-state index contributed by atoms with van der Waals surface area (Å²) in [6.07, 6.45) is 6.80. The summed E-state index contributed by atoms with van der Waals surface area (Å²) in [6, 6.07) is 0.762. The summed E-state index contributed by atoms with van der Waals surface area (Å²) >= 11 is 0. The predicted molar refractivity (Wildman–Crippen MR) is 62.0 cm³/mol. The molecule has 2 fully saturated rings. The first-order chi connectivity index (χ1) is 7.79. The van der Waals surface area contributed by atoms with Gasteiger partial charge in [-0.15, -0.1) is 0 Å². The first-order valence-electron chi connectivity index (χ1n) is 6.43. The first kappa shape index (κ1) is 11.9. The number of aliphatic hydroxyl groups is 1. The molecule has 0 aromatic carbocycles. The van der Waals surface area contributed by atoms with Crippen LogP contribution in [0.4, 0.5) is 0 Å². The number of amides is 1. The lowest BCUT2D eigenvalue weighted by molar-refractivity contribution is -0.121. The van der Waals surface area contributed by atoms with Crippen LogP contribution in [0.1, 0.15) is 38.5 Å². The third-order valence-corrected chi connectivity index (χ3v) is 3.62. The number of carbonyl (C=O) groups excluding carboxylic acids is 1. The van der Waals surface area contributed by atoms with E-state index in [-0.39, 0.29) is 24.5 Å². The van der Waals surface area contributed by atoms with Crippen molar-refractivity contribution in [1.29, 1.82) is 0 Å². The van der Waals surface area contributed by atoms with Crippen LogP contribution in [0.25, 0.3) is 0 Å². The van der Waals surface area contributed by atoms with Crippen molar-refractivity contribution < 1.29 is 9.90 Å². The van der Waals surface area contributed by atoms with Crippen LogP contribution in [0.5, 0.6) is 0 Å². The Kier molecular flexibility index (Phi) is 4.18. The van der Waals surface area contributed by atoms with Gasteiger partial charge in [0.25, 0.3) is 0 Å². The Labute approximate surface area is 96.8 Å². The van der Waals surface area contributed by atoms with Gasteiger partial charge >= 0.3 is 0 Å². The predicted octanol–water partition coefficient (Wildman–Crippen LogP) is 0.406. The smallest absolute Gasteiger partial charge is 0.234 e. The van der Waals surface area contributed by atoms with Crippen molar-refractivity contribution in [2.75, 3.05) is 13.2 Å². The highest BCUT2D eigenvalue weighted by molar-refractivity contribution is 5.78. The molecule has 0 heterocycles. The molecular weight excluding hydrogens is 204 g/mol. The molecule has 16 heavy (non-hydrogen) atoms. The van der Waals surface area contributed by atoms with Crippen LogP contribution in [-0.2, 0) is 4.79 Å². The van der Waals surface area contributed by atoms with Gasteiger partial charge in [0, 0.05) is 24.6 Å². The van der Waals surface area contributed by atoms with E-state index in [1.165, 1.54) is 19.3 Å². The Morgan fingerprint density at radius 1 is 1.19 bits per heavy atom. The molecule has 0 bridgehead atoms. The maximum Gasteiger partial charge on any atom is 0.234 e. The van der Waals surface area contributed by atoms with Gasteiger partial charge in [-0.05, 0) is 25.7 Å². The van der Waals surface area contributed by atoms with E-state index < -0.39 is 0 Å². The third-order valence-electron chi connectivity index (χ3n) is 3.62. The van der Waals surface area contributed by atoms with Gasteiger partial charge in [-0.2, -0.15) is 0 Å². The SMILES string of the molecule is O=C(CNC1CC1)NC1CCCCC1CO. The Balaban J connectivity index is 1.70. The van der Waals surface area contributed by atoms with Crippen molar-refractivity contribution in [3.63, 3.8) is 0 Å². The molecule has 2 aliphatic carbocycles. The summed E-state index contributed by atoms with van der Waals surface area (Å²) < 4.78 is 0. The van der Waals surface area contributed by atoms with E-state index >= 15 is 0 Å². The summed E-state index contributed by atoms with van der Waals surface area (Å²) in [7, 11) is 0. The minimum absolute atomic E-state index is 0.0808. The fraction of sp³-hybridized carbons (Fsp3) is 0.917. The second-order valence-corrected chi connectivity index (χ2v) is 5.06. The van der Waals surface area contributed by atoms with E-state index in [4.69, 9.17) is 0 Å². The molecule has 2 aliphatic rings. The Bertz CT molecular complexity index is 241. The molecule has 2 saturated carbocycles. The van der Waals surface area contributed by atoms with Gasteiger partial charge < -0.3 is 15.7 Å². The zero-order chi connectivity index (χ0) is 11.4. The molecule has 0 saturated heterocycles. The molecule has 0 spiro atoms. The largest absolute Gasteiger partial charge is 0.396 e. The minimum Gasteiger partial charge on any atom is -0.396 e. The minimum atomic E-state index is 0.0808. The summed E-state index contributed by atoms with van der Waals surface area (Å²) in [6.45, 7) is 0.625. The molecule has 2 rings (SSSR count). The molecule has 0 radical (unpaired) electrons. The number of carbonyl (C=O) groups is 1. The highest BCUT2D eigenvalue weighted by Crippen LogP contribution is 2.23. The molecular formula is C12H22N2O2. The molecule has 2 atom stereocenters. The van der Waals surface area contributed by atoms with Gasteiger partial charge in [0.05, 0.1) is 6.54 Å². The lowest BCUT2D eigenvalue weighted by atomic mass is 9.85. The van der Waals surface area contributed by atoms with Crippen molar-refractivity contribution in [3.8, 4) is 0 Å². The summed E-state index contributed by atoms with van der Waals surface area (Å²) in [5, 5.41) is 15.5. The van der Waals surface area contributed by atoms with Crippen molar-refractivity contribution in [1.82, 2.24) is 10.6 Å². The van der Waals surface area contributed by atoms with Crippen LogP contribution in [0.3, 0.4) is 0 Å². The average molecular weight is 226 g/mol. The maximum atomic E-state index is 11.6. The highest BCUT2D eigenvalue weighted by Gasteiger charge is 2.26. The molecule has 0 aromatic heterocycles. The van der Waals surface area contributed by atoms with Gasteiger partial charge in [0.1, 0.15) is 0 Å². The van der Waals surface area contributed by atoms with Crippen LogP contribution >= 0.6 is 0 Å². The van der Waals surface area contributed by atoms with Crippen LogP contribution < -0.4 is 10.6 Å². The summed E-state index contributed by atoms with van der Waals surface area (Å²) in [5.74, 6) is 0.343. The van der Waals surface area contributed by atoms with E-state index in [0.29, 0.717) is 12.6 Å². The van der Waals surface area contributed by atoms with Gasteiger partial charge in [-0.3, -0.25) is 4.79 Å². The lowest BCUT2D eigenvalue weighted by Gasteiger charge is -2.30. The van der Waals surface area contributed by atoms with E-state index in [2.05, 4.69) is 10.6 Å². The van der Waals surface area contributed by atoms with Gasteiger partial charge in [-0.25, -0.2) is 0 Å². The van der Waals surface area contributed by atoms with E-state index in [0.717, 1.165) is 19.3 Å². The van der Waals surface area contributed by atoms with Crippen molar-refractivity contribution in [3.05, 3.63) is 0 Å². The Morgan fingerprint density at radius 3 is 2.62 bits per heavy atom. The lowest BCUT2D eigenvalue weighted by Crippen LogP contribution is -2.46. The molecule has 0 aromatic rings. The number of nitrogens with one attached hydrogen (secondary N) is 2. The molecule has 92 valence electrons. The highest BCUT2D eigenvalue weighted by atomic mass is 16.3. The van der Waals surface area contributed by atoms with Crippen molar-refractivity contribution in [2.45, 2.75) is 50.6 Å². The zero-order valence-electron chi connectivity index (χ0n) is 9.74.